The van der Waals surface area contributed by atoms with Crippen LogP contribution in [0.5, 0.6) is 0 Å². The van der Waals surface area contributed by atoms with Crippen molar-refractivity contribution in [2.24, 2.45) is 10.9 Å². The minimum atomic E-state index is -2.56. The summed E-state index contributed by atoms with van der Waals surface area (Å²) in [5, 5.41) is 8.45. The molecular weight excluding hydrogens is 322 g/mol. The Labute approximate surface area is 137 Å². The summed E-state index contributed by atoms with van der Waals surface area (Å²) in [7, 11) is 0. The lowest BCUT2D eigenvalue weighted by Crippen LogP contribution is -2.41. The second-order valence-corrected chi connectivity index (χ2v) is 6.58. The molecule has 0 bridgehead atoms. The highest BCUT2D eigenvalue weighted by molar-refractivity contribution is 6.34. The van der Waals surface area contributed by atoms with E-state index in [4.69, 9.17) is 11.6 Å². The Hall–Kier alpha value is -1.69. The van der Waals surface area contributed by atoms with Crippen LogP contribution >= 0.6 is 11.6 Å². The Morgan fingerprint density at radius 1 is 1.35 bits per heavy atom. The van der Waals surface area contributed by atoms with Crippen LogP contribution in [0.2, 0.25) is 5.15 Å². The van der Waals surface area contributed by atoms with Gasteiger partial charge in [-0.15, -0.1) is 0 Å². The third-order valence-corrected chi connectivity index (χ3v) is 5.12. The molecule has 1 N–H and O–H groups in total. The van der Waals surface area contributed by atoms with Crippen molar-refractivity contribution >= 4 is 28.3 Å². The normalized spacial score (nSPS) is 21.6. The fraction of sp³-hybridized carbons (Fsp3) is 0.500. The summed E-state index contributed by atoms with van der Waals surface area (Å²) in [4.78, 5) is 4.52. The number of hydrogen-bond donors (Lipinski definition) is 1. The van der Waals surface area contributed by atoms with Gasteiger partial charge in [-0.1, -0.05) is 30.2 Å². The Morgan fingerprint density at radius 3 is 2.87 bits per heavy atom. The van der Waals surface area contributed by atoms with Crippen LogP contribution in [0.1, 0.15) is 31.3 Å². The second-order valence-electron chi connectivity index (χ2n) is 6.22. The molecule has 4 nitrogen and oxygen atoms in total. The molecule has 0 amide bonds. The summed E-state index contributed by atoms with van der Waals surface area (Å²) in [6.45, 7) is 1.10. The fourth-order valence-corrected chi connectivity index (χ4v) is 3.62. The van der Waals surface area contributed by atoms with Gasteiger partial charge in [-0.3, -0.25) is 9.67 Å². The highest BCUT2D eigenvalue weighted by Crippen LogP contribution is 2.33. The molecule has 122 valence electrons. The van der Waals surface area contributed by atoms with E-state index < -0.39 is 6.43 Å². The summed E-state index contributed by atoms with van der Waals surface area (Å²) in [6.07, 6.45) is 1.21. The molecule has 4 rings (SSSR count). The van der Waals surface area contributed by atoms with E-state index in [0.717, 1.165) is 12.4 Å². The van der Waals surface area contributed by atoms with Crippen molar-refractivity contribution in [3.63, 3.8) is 0 Å². The van der Waals surface area contributed by atoms with Gasteiger partial charge in [0.1, 0.15) is 5.84 Å². The van der Waals surface area contributed by atoms with Gasteiger partial charge in [-0.05, 0) is 24.8 Å². The maximum absolute atomic E-state index is 13.3. The maximum atomic E-state index is 13.3. The quantitative estimate of drug-likeness (QED) is 0.921. The van der Waals surface area contributed by atoms with Crippen LogP contribution in [-0.2, 0) is 6.54 Å². The van der Waals surface area contributed by atoms with Crippen LogP contribution in [0.4, 0.5) is 8.78 Å². The number of aliphatic imine (C=N–C) groups is 1. The Kier molecular flexibility index (Phi) is 3.71. The molecule has 1 aliphatic heterocycles. The lowest BCUT2D eigenvalue weighted by molar-refractivity contribution is 0.152. The van der Waals surface area contributed by atoms with Crippen molar-refractivity contribution in [1.82, 2.24) is 15.1 Å². The molecule has 1 aromatic heterocycles. The molecular formula is C16H17ClF2N4. The minimum Gasteiger partial charge on any atom is -0.367 e. The molecule has 1 fully saturated rings. The van der Waals surface area contributed by atoms with E-state index in [2.05, 4.69) is 15.4 Å². The summed E-state index contributed by atoms with van der Waals surface area (Å²) >= 11 is 6.11. The largest absolute Gasteiger partial charge is 0.367 e. The zero-order chi connectivity index (χ0) is 16.0. The van der Waals surface area contributed by atoms with Crippen LogP contribution < -0.4 is 5.32 Å². The van der Waals surface area contributed by atoms with Crippen LogP contribution in [0.25, 0.3) is 10.9 Å². The highest BCUT2D eigenvalue weighted by atomic mass is 35.5. The number of hydrogen-bond acceptors (Lipinski definition) is 3. The van der Waals surface area contributed by atoms with E-state index in [1.165, 1.54) is 30.0 Å². The SMILES string of the molecule is FC(F)c1cccc2c(Cl)nn(CC3=NCC(C4CCC4)N3)c12. The topological polar surface area (TPSA) is 42.2 Å². The molecule has 0 saturated heterocycles. The van der Waals surface area contributed by atoms with E-state index in [9.17, 15) is 8.78 Å². The molecule has 0 radical (unpaired) electrons. The van der Waals surface area contributed by atoms with Crippen LogP contribution in [0.3, 0.4) is 0 Å². The lowest BCUT2D eigenvalue weighted by atomic mass is 9.80. The number of benzene rings is 1. The molecule has 2 aromatic rings. The van der Waals surface area contributed by atoms with E-state index in [0.29, 0.717) is 29.4 Å². The van der Waals surface area contributed by atoms with Gasteiger partial charge in [0, 0.05) is 17.0 Å². The van der Waals surface area contributed by atoms with Crippen LogP contribution in [0, 0.1) is 5.92 Å². The summed E-state index contributed by atoms with van der Waals surface area (Å²) in [6, 6.07) is 5.10. The first-order chi connectivity index (χ1) is 11.1. The number of fused-ring (bicyclic) bond motifs is 1. The first kappa shape index (κ1) is 14.9. The van der Waals surface area contributed by atoms with Crippen molar-refractivity contribution in [3.8, 4) is 0 Å². The fourth-order valence-electron chi connectivity index (χ4n) is 3.38. The standard InChI is InChI=1S/C16H17ClF2N4/c17-15-10-5-2-6-11(16(18)19)14(10)23(22-15)8-13-20-7-12(21-13)9-3-1-4-9/h2,5-6,9,12,16H,1,3-4,7-8H2,(H,20,21). The monoisotopic (exact) mass is 338 g/mol. The predicted octanol–water partition coefficient (Wildman–Crippen LogP) is 3.80. The van der Waals surface area contributed by atoms with E-state index in [1.807, 2.05) is 0 Å². The lowest BCUT2D eigenvalue weighted by Gasteiger charge is -2.31. The molecule has 1 aliphatic carbocycles. The smallest absolute Gasteiger partial charge is 0.265 e. The number of para-hydroxylation sites is 1. The highest BCUT2D eigenvalue weighted by Gasteiger charge is 2.31. The molecule has 1 atom stereocenters. The first-order valence-corrected chi connectivity index (χ1v) is 8.24. The maximum Gasteiger partial charge on any atom is 0.265 e. The van der Waals surface area contributed by atoms with Crippen molar-refractivity contribution < 1.29 is 8.78 Å². The van der Waals surface area contributed by atoms with Gasteiger partial charge >= 0.3 is 0 Å². The van der Waals surface area contributed by atoms with Crippen molar-refractivity contribution in [1.29, 1.82) is 0 Å². The third kappa shape index (κ3) is 2.59. The number of nitrogens with zero attached hydrogens (tertiary/aromatic N) is 3. The Balaban J connectivity index is 1.62. The van der Waals surface area contributed by atoms with Gasteiger partial charge in [0.25, 0.3) is 6.43 Å². The Bertz CT molecular complexity index is 767. The zero-order valence-corrected chi connectivity index (χ0v) is 13.2. The Morgan fingerprint density at radius 2 is 2.17 bits per heavy atom. The number of alkyl halides is 2. The average Bonchev–Trinajstić information content (AvgIpc) is 3.03. The number of rotatable bonds is 4. The zero-order valence-electron chi connectivity index (χ0n) is 12.5. The molecule has 0 spiro atoms. The molecule has 7 heteroatoms. The van der Waals surface area contributed by atoms with Crippen LogP contribution in [0.15, 0.2) is 23.2 Å². The van der Waals surface area contributed by atoms with E-state index in [1.54, 1.807) is 12.1 Å². The van der Waals surface area contributed by atoms with Gasteiger partial charge < -0.3 is 5.32 Å². The molecule has 2 aliphatic rings. The summed E-state index contributed by atoms with van der Waals surface area (Å²) in [5.74, 6) is 1.48. The minimum absolute atomic E-state index is 0.0453. The van der Waals surface area contributed by atoms with Gasteiger partial charge in [0.15, 0.2) is 5.15 Å². The van der Waals surface area contributed by atoms with Crippen molar-refractivity contribution in [3.05, 3.63) is 28.9 Å². The molecule has 1 unspecified atom stereocenters. The third-order valence-electron chi connectivity index (χ3n) is 4.84. The number of nitrogens with one attached hydrogen (secondary N) is 1. The summed E-state index contributed by atoms with van der Waals surface area (Å²) in [5.41, 5.74) is 0.347. The number of halogens is 3. The van der Waals surface area contributed by atoms with Gasteiger partial charge in [-0.25, -0.2) is 8.78 Å². The molecule has 1 aromatic carbocycles. The average molecular weight is 339 g/mol. The van der Waals surface area contributed by atoms with Crippen molar-refractivity contribution in [2.45, 2.75) is 38.3 Å². The van der Waals surface area contributed by atoms with Gasteiger partial charge in [0.05, 0.1) is 18.6 Å². The van der Waals surface area contributed by atoms with E-state index in [-0.39, 0.29) is 10.7 Å². The van der Waals surface area contributed by atoms with E-state index >= 15 is 0 Å². The molecule has 1 saturated carbocycles. The second kappa shape index (κ2) is 5.74. The number of amidine groups is 1. The van der Waals surface area contributed by atoms with Gasteiger partial charge in [-0.2, -0.15) is 5.10 Å². The van der Waals surface area contributed by atoms with Crippen molar-refractivity contribution in [2.75, 3.05) is 6.54 Å². The summed E-state index contributed by atoms with van der Waals surface area (Å²) < 4.78 is 28.1. The predicted molar refractivity (Wildman–Crippen MR) is 86.3 cm³/mol. The first-order valence-electron chi connectivity index (χ1n) is 7.86. The number of aromatic nitrogens is 2. The molecule has 23 heavy (non-hydrogen) atoms. The van der Waals surface area contributed by atoms with Gasteiger partial charge in [0.2, 0.25) is 0 Å². The van der Waals surface area contributed by atoms with Crippen LogP contribution in [-0.4, -0.2) is 28.2 Å². The molecule has 2 heterocycles.